The van der Waals surface area contributed by atoms with E-state index in [0.29, 0.717) is 6.61 Å². The van der Waals surface area contributed by atoms with Crippen molar-refractivity contribution < 1.29 is 22.3 Å². The van der Waals surface area contributed by atoms with Gasteiger partial charge in [-0.2, -0.15) is 4.31 Å². The molecule has 0 saturated heterocycles. The summed E-state index contributed by atoms with van der Waals surface area (Å²) in [6, 6.07) is 4.21. The molecule has 0 aliphatic heterocycles. The van der Waals surface area contributed by atoms with Gasteiger partial charge in [0.05, 0.1) is 18.0 Å². The van der Waals surface area contributed by atoms with Crippen molar-refractivity contribution in [2.45, 2.75) is 17.9 Å². The van der Waals surface area contributed by atoms with Crippen molar-refractivity contribution >= 4 is 15.9 Å². The summed E-state index contributed by atoms with van der Waals surface area (Å²) >= 11 is 0. The first-order valence-electron chi connectivity index (χ1n) is 6.27. The van der Waals surface area contributed by atoms with Crippen molar-refractivity contribution in [2.75, 3.05) is 27.3 Å². The number of rotatable bonds is 7. The summed E-state index contributed by atoms with van der Waals surface area (Å²) < 4.78 is 43.0. The second-order valence-corrected chi connectivity index (χ2v) is 6.68. The van der Waals surface area contributed by atoms with Crippen molar-refractivity contribution in [1.29, 1.82) is 0 Å². The summed E-state index contributed by atoms with van der Waals surface area (Å²) in [6.45, 7) is 1.75. The van der Waals surface area contributed by atoms with Crippen LogP contribution in [0.3, 0.4) is 0 Å². The second-order valence-electron chi connectivity index (χ2n) is 4.64. The molecule has 8 heteroatoms. The zero-order chi connectivity index (χ0) is 16.0. The number of nitrogens with zero attached hydrogens (tertiary/aromatic N) is 1. The molecule has 0 fully saturated rings. The zero-order valence-corrected chi connectivity index (χ0v) is 13.0. The molecule has 118 valence electrons. The number of carbonyl (C=O) groups is 1. The molecule has 0 saturated carbocycles. The number of methoxy groups -OCH3 is 1. The summed E-state index contributed by atoms with van der Waals surface area (Å²) in [5, 5.41) is 2.61. The number of nitrogens with one attached hydrogen (secondary N) is 1. The number of halogens is 1. The third-order valence-electron chi connectivity index (χ3n) is 2.71. The molecule has 1 rings (SSSR count). The fourth-order valence-corrected chi connectivity index (χ4v) is 2.81. The molecular weight excluding hydrogens is 299 g/mol. The predicted molar refractivity (Wildman–Crippen MR) is 75.7 cm³/mol. The maximum atomic E-state index is 12.8. The summed E-state index contributed by atoms with van der Waals surface area (Å²) in [5.74, 6) is -0.963. The van der Waals surface area contributed by atoms with E-state index in [9.17, 15) is 17.6 Å². The number of likely N-dealkylation sites (N-methyl/N-ethyl adjacent to an activating group) is 1. The van der Waals surface area contributed by atoms with Crippen LogP contribution in [0, 0.1) is 5.82 Å². The molecule has 21 heavy (non-hydrogen) atoms. The van der Waals surface area contributed by atoms with E-state index in [-0.39, 0.29) is 17.5 Å². The third kappa shape index (κ3) is 5.07. The molecule has 0 aliphatic carbocycles. The number of sulfonamides is 1. The smallest absolute Gasteiger partial charge is 0.243 e. The number of hydrogen-bond acceptors (Lipinski definition) is 4. The van der Waals surface area contributed by atoms with Crippen LogP contribution in [-0.4, -0.2) is 52.0 Å². The van der Waals surface area contributed by atoms with Crippen LogP contribution in [0.25, 0.3) is 0 Å². The van der Waals surface area contributed by atoms with Crippen LogP contribution in [0.1, 0.15) is 6.92 Å². The molecule has 0 aliphatic rings. The third-order valence-corrected chi connectivity index (χ3v) is 4.53. The molecule has 0 heterocycles. The quantitative estimate of drug-likeness (QED) is 0.799. The average molecular weight is 318 g/mol. The maximum Gasteiger partial charge on any atom is 0.243 e. The summed E-state index contributed by atoms with van der Waals surface area (Å²) in [7, 11) is -1.03. The van der Waals surface area contributed by atoms with Gasteiger partial charge >= 0.3 is 0 Å². The zero-order valence-electron chi connectivity index (χ0n) is 12.2. The Balaban J connectivity index is 2.71. The van der Waals surface area contributed by atoms with Crippen LogP contribution in [0.5, 0.6) is 0 Å². The van der Waals surface area contributed by atoms with Gasteiger partial charge in [-0.05, 0) is 31.2 Å². The fourth-order valence-electron chi connectivity index (χ4n) is 1.69. The number of amides is 1. The minimum atomic E-state index is -3.82. The SMILES string of the molecule is COC[C@H](C)NC(=O)CN(C)S(=O)(=O)c1ccc(F)cc1. The monoisotopic (exact) mass is 318 g/mol. The Morgan fingerprint density at radius 1 is 1.38 bits per heavy atom. The Morgan fingerprint density at radius 3 is 2.48 bits per heavy atom. The molecule has 0 aromatic heterocycles. The van der Waals surface area contributed by atoms with E-state index in [1.54, 1.807) is 6.92 Å². The first kappa shape index (κ1) is 17.5. The van der Waals surface area contributed by atoms with Crippen molar-refractivity contribution in [3.8, 4) is 0 Å². The van der Waals surface area contributed by atoms with Crippen molar-refractivity contribution in [1.82, 2.24) is 9.62 Å². The summed E-state index contributed by atoms with van der Waals surface area (Å²) in [6.07, 6.45) is 0. The second kappa shape index (κ2) is 7.48. The molecule has 1 aromatic rings. The normalized spacial score (nSPS) is 13.2. The van der Waals surface area contributed by atoms with E-state index in [2.05, 4.69) is 5.32 Å². The van der Waals surface area contributed by atoms with Gasteiger partial charge in [0.2, 0.25) is 15.9 Å². The number of benzene rings is 1. The molecule has 0 bridgehead atoms. The maximum absolute atomic E-state index is 12.8. The van der Waals surface area contributed by atoms with E-state index in [4.69, 9.17) is 4.74 Å². The van der Waals surface area contributed by atoms with Crippen molar-refractivity contribution in [3.63, 3.8) is 0 Å². The lowest BCUT2D eigenvalue weighted by Gasteiger charge is -2.18. The minimum Gasteiger partial charge on any atom is -0.383 e. The highest BCUT2D eigenvalue weighted by Gasteiger charge is 2.23. The first-order valence-corrected chi connectivity index (χ1v) is 7.71. The highest BCUT2D eigenvalue weighted by molar-refractivity contribution is 7.89. The lowest BCUT2D eigenvalue weighted by molar-refractivity contribution is -0.122. The van der Waals surface area contributed by atoms with Crippen LogP contribution >= 0.6 is 0 Å². The van der Waals surface area contributed by atoms with Gasteiger partial charge < -0.3 is 10.1 Å². The van der Waals surface area contributed by atoms with E-state index in [0.717, 1.165) is 28.6 Å². The van der Waals surface area contributed by atoms with Gasteiger partial charge in [0, 0.05) is 20.2 Å². The largest absolute Gasteiger partial charge is 0.383 e. The highest BCUT2D eigenvalue weighted by atomic mass is 32.2. The topological polar surface area (TPSA) is 75.7 Å². The minimum absolute atomic E-state index is 0.0656. The molecule has 1 amide bonds. The Hall–Kier alpha value is -1.51. The van der Waals surface area contributed by atoms with Gasteiger partial charge in [0.1, 0.15) is 5.82 Å². The van der Waals surface area contributed by atoms with E-state index in [1.807, 2.05) is 0 Å². The van der Waals surface area contributed by atoms with Gasteiger partial charge in [-0.1, -0.05) is 0 Å². The summed E-state index contributed by atoms with van der Waals surface area (Å²) in [5.41, 5.74) is 0. The van der Waals surface area contributed by atoms with Crippen LogP contribution in [-0.2, 0) is 19.6 Å². The van der Waals surface area contributed by atoms with Crippen molar-refractivity contribution in [3.05, 3.63) is 30.1 Å². The molecule has 0 radical (unpaired) electrons. The van der Waals surface area contributed by atoms with Crippen molar-refractivity contribution in [2.24, 2.45) is 0 Å². The Morgan fingerprint density at radius 2 is 1.95 bits per heavy atom. The lowest BCUT2D eigenvalue weighted by atomic mass is 10.3. The molecule has 1 atom stereocenters. The lowest BCUT2D eigenvalue weighted by Crippen LogP contribution is -2.43. The fraction of sp³-hybridized carbons (Fsp3) is 0.462. The van der Waals surface area contributed by atoms with Crippen LogP contribution in [0.15, 0.2) is 29.2 Å². The summed E-state index contributed by atoms with van der Waals surface area (Å²) in [4.78, 5) is 11.7. The molecule has 1 aromatic carbocycles. The van der Waals surface area contributed by atoms with Crippen LogP contribution < -0.4 is 5.32 Å². The Bertz CT molecular complexity index is 574. The predicted octanol–water partition coefficient (Wildman–Crippen LogP) is 0.597. The average Bonchev–Trinajstić information content (AvgIpc) is 2.39. The van der Waals surface area contributed by atoms with Crippen LogP contribution in [0.4, 0.5) is 4.39 Å². The highest BCUT2D eigenvalue weighted by Crippen LogP contribution is 2.14. The van der Waals surface area contributed by atoms with E-state index in [1.165, 1.54) is 14.2 Å². The first-order chi connectivity index (χ1) is 9.77. The number of ether oxygens (including phenoxy) is 1. The van der Waals surface area contributed by atoms with Gasteiger partial charge in [0.25, 0.3) is 0 Å². The number of hydrogen-bond donors (Lipinski definition) is 1. The number of carbonyl (C=O) groups excluding carboxylic acids is 1. The Kier molecular flexibility index (Phi) is 6.25. The van der Waals surface area contributed by atoms with Gasteiger partial charge in [-0.15, -0.1) is 0 Å². The van der Waals surface area contributed by atoms with E-state index < -0.39 is 21.7 Å². The molecule has 0 unspecified atom stereocenters. The standard InChI is InChI=1S/C13H19FN2O4S/c1-10(9-20-3)15-13(17)8-16(2)21(18,19)12-6-4-11(14)5-7-12/h4-7,10H,8-9H2,1-3H3,(H,15,17)/t10-/m0/s1. The molecular formula is C13H19FN2O4S. The molecule has 0 spiro atoms. The Labute approximate surface area is 123 Å². The van der Waals surface area contributed by atoms with Crippen LogP contribution in [0.2, 0.25) is 0 Å². The van der Waals surface area contributed by atoms with Gasteiger partial charge in [0.15, 0.2) is 0 Å². The van der Waals surface area contributed by atoms with E-state index >= 15 is 0 Å². The molecule has 6 nitrogen and oxygen atoms in total. The van der Waals surface area contributed by atoms with Gasteiger partial charge in [-0.3, -0.25) is 4.79 Å². The molecule has 1 N–H and O–H groups in total. The van der Waals surface area contributed by atoms with Gasteiger partial charge in [-0.25, -0.2) is 12.8 Å².